The molecule has 0 amide bonds. The third-order valence-electron chi connectivity index (χ3n) is 0.377. The van der Waals surface area contributed by atoms with Gasteiger partial charge in [-0.15, -0.1) is 0 Å². The third-order valence-corrected chi connectivity index (χ3v) is 0.377. The van der Waals surface area contributed by atoms with Crippen molar-refractivity contribution in [2.75, 3.05) is 0 Å². The van der Waals surface area contributed by atoms with Gasteiger partial charge >= 0.3 is 0 Å². The quantitative estimate of drug-likeness (QED) is 0.396. The normalized spacial score (nSPS) is 10.4. The van der Waals surface area contributed by atoms with E-state index >= 15 is 0 Å². The first kappa shape index (κ1) is 7.14. The molecule has 0 saturated carbocycles. The molecule has 0 atom stereocenters. The maximum atomic E-state index is 9.43. The molecule has 0 heterocycles. The van der Waals surface area contributed by atoms with Gasteiger partial charge in [-0.2, -0.15) is 0 Å². The van der Waals surface area contributed by atoms with Crippen molar-refractivity contribution in [3.8, 4) is 0 Å². The zero-order chi connectivity index (χ0) is 6.41. The van der Waals surface area contributed by atoms with Crippen LogP contribution in [-0.4, -0.2) is 18.6 Å². The lowest BCUT2D eigenvalue weighted by atomic mass is 10.5. The first-order chi connectivity index (χ1) is 3.77. The van der Waals surface area contributed by atoms with Crippen molar-refractivity contribution in [2.24, 2.45) is 5.16 Å². The summed E-state index contributed by atoms with van der Waals surface area (Å²) in [5, 5.41) is 3.24. The Morgan fingerprint density at radius 2 is 2.38 bits per heavy atom. The van der Waals surface area contributed by atoms with Crippen LogP contribution in [0.4, 0.5) is 0 Å². The Morgan fingerprint density at radius 1 is 1.75 bits per heavy atom. The van der Waals surface area contributed by atoms with Crippen LogP contribution in [-0.2, 0) is 9.63 Å². The lowest BCUT2D eigenvalue weighted by Gasteiger charge is -1.97. The zero-order valence-corrected chi connectivity index (χ0v) is 4.92. The lowest BCUT2D eigenvalue weighted by molar-refractivity contribution is 0.0876. The summed E-state index contributed by atoms with van der Waals surface area (Å²) in [5.41, 5.74) is 0. The number of carbonyl (C=O) groups excluding carboxylic acids is 1. The maximum absolute atomic E-state index is 9.43. The van der Waals surface area contributed by atoms with Gasteiger partial charge in [0.2, 0.25) is 6.29 Å². The van der Waals surface area contributed by atoms with Crippen molar-refractivity contribution in [1.82, 2.24) is 0 Å². The SMILES string of the molecule is CC(C)ON=C[C]=O. The van der Waals surface area contributed by atoms with Gasteiger partial charge < -0.3 is 4.84 Å². The summed E-state index contributed by atoms with van der Waals surface area (Å²) < 4.78 is 0. The van der Waals surface area contributed by atoms with Crippen LogP contribution in [0.1, 0.15) is 13.8 Å². The van der Waals surface area contributed by atoms with Gasteiger partial charge in [-0.3, -0.25) is 4.79 Å². The fourth-order valence-electron chi connectivity index (χ4n) is 0.174. The number of hydrogen-bond donors (Lipinski definition) is 0. The van der Waals surface area contributed by atoms with E-state index in [4.69, 9.17) is 0 Å². The van der Waals surface area contributed by atoms with Crippen molar-refractivity contribution < 1.29 is 9.63 Å². The summed E-state index contributed by atoms with van der Waals surface area (Å²) in [6.07, 6.45) is 2.43. The smallest absolute Gasteiger partial charge is 0.248 e. The average molecular weight is 114 g/mol. The van der Waals surface area contributed by atoms with Crippen LogP contribution in [0, 0.1) is 0 Å². The molecule has 0 saturated heterocycles. The van der Waals surface area contributed by atoms with E-state index < -0.39 is 0 Å². The lowest BCUT2D eigenvalue weighted by Crippen LogP contribution is -1.95. The molecular weight excluding hydrogens is 106 g/mol. The highest BCUT2D eigenvalue weighted by molar-refractivity contribution is 6.13. The molecular formula is C5H8NO2. The topological polar surface area (TPSA) is 38.7 Å². The molecule has 3 heteroatoms. The van der Waals surface area contributed by atoms with Gasteiger partial charge in [0.25, 0.3) is 0 Å². The molecule has 0 N–H and O–H groups in total. The van der Waals surface area contributed by atoms with Gasteiger partial charge in [0.1, 0.15) is 12.3 Å². The summed E-state index contributed by atoms with van der Waals surface area (Å²) in [6, 6.07) is 0. The van der Waals surface area contributed by atoms with Gasteiger partial charge in [0.15, 0.2) is 0 Å². The molecule has 0 aliphatic rings. The zero-order valence-electron chi connectivity index (χ0n) is 4.92. The molecule has 0 rings (SSSR count). The van der Waals surface area contributed by atoms with Crippen molar-refractivity contribution in [2.45, 2.75) is 20.0 Å². The number of oxime groups is 1. The maximum Gasteiger partial charge on any atom is 0.248 e. The van der Waals surface area contributed by atoms with Gasteiger partial charge in [0, 0.05) is 0 Å². The van der Waals surface area contributed by atoms with Crippen LogP contribution in [0.2, 0.25) is 0 Å². The average Bonchev–Trinajstić information content (AvgIpc) is 1.66. The Hall–Kier alpha value is -0.860. The predicted molar refractivity (Wildman–Crippen MR) is 30.4 cm³/mol. The first-order valence-corrected chi connectivity index (χ1v) is 2.32. The molecule has 1 radical (unpaired) electrons. The highest BCUT2D eigenvalue weighted by Gasteiger charge is 1.85. The second-order valence-electron chi connectivity index (χ2n) is 1.51. The molecule has 0 aromatic carbocycles. The van der Waals surface area contributed by atoms with Crippen LogP contribution >= 0.6 is 0 Å². The van der Waals surface area contributed by atoms with Gasteiger partial charge in [-0.05, 0) is 13.8 Å². The van der Waals surface area contributed by atoms with E-state index in [1.54, 1.807) is 0 Å². The van der Waals surface area contributed by atoms with E-state index in [0.29, 0.717) is 0 Å². The van der Waals surface area contributed by atoms with Crippen LogP contribution in [0.5, 0.6) is 0 Å². The van der Waals surface area contributed by atoms with E-state index in [-0.39, 0.29) is 6.10 Å². The van der Waals surface area contributed by atoms with Crippen LogP contribution in [0.15, 0.2) is 5.16 Å². The van der Waals surface area contributed by atoms with Crippen molar-refractivity contribution in [3.63, 3.8) is 0 Å². The fraction of sp³-hybridized carbons (Fsp3) is 0.600. The molecule has 0 aliphatic carbocycles. The molecule has 0 unspecified atom stereocenters. The second kappa shape index (κ2) is 4.30. The number of nitrogens with zero attached hydrogens (tertiary/aromatic N) is 1. The van der Waals surface area contributed by atoms with Gasteiger partial charge in [0.05, 0.1) is 0 Å². The first-order valence-electron chi connectivity index (χ1n) is 2.32. The van der Waals surface area contributed by atoms with Crippen LogP contribution in [0.25, 0.3) is 0 Å². The Balaban J connectivity index is 3.15. The van der Waals surface area contributed by atoms with Crippen LogP contribution < -0.4 is 0 Å². The highest BCUT2D eigenvalue weighted by Crippen LogP contribution is 1.84. The minimum Gasteiger partial charge on any atom is -0.393 e. The summed E-state index contributed by atoms with van der Waals surface area (Å²) >= 11 is 0. The van der Waals surface area contributed by atoms with E-state index in [9.17, 15) is 4.79 Å². The monoisotopic (exact) mass is 114 g/mol. The molecule has 0 spiro atoms. The Labute approximate surface area is 48.3 Å². The van der Waals surface area contributed by atoms with Crippen LogP contribution in [0.3, 0.4) is 0 Å². The van der Waals surface area contributed by atoms with E-state index in [0.717, 1.165) is 6.21 Å². The predicted octanol–water partition coefficient (Wildman–Crippen LogP) is 0.507. The third kappa shape index (κ3) is 5.14. The molecule has 8 heavy (non-hydrogen) atoms. The molecule has 0 aromatic rings. The molecule has 0 aliphatic heterocycles. The number of rotatable bonds is 3. The molecule has 0 bridgehead atoms. The van der Waals surface area contributed by atoms with Gasteiger partial charge in [-0.25, -0.2) is 0 Å². The summed E-state index contributed by atoms with van der Waals surface area (Å²) in [7, 11) is 0. The largest absolute Gasteiger partial charge is 0.393 e. The van der Waals surface area contributed by atoms with Gasteiger partial charge in [-0.1, -0.05) is 5.16 Å². The standard InChI is InChI=1S/C5H8NO2/c1-5(2)8-6-3-4-7/h3,5H,1-2H3. The summed E-state index contributed by atoms with van der Waals surface area (Å²) in [6.45, 7) is 3.64. The Morgan fingerprint density at radius 3 is 2.75 bits per heavy atom. The fourth-order valence-corrected chi connectivity index (χ4v) is 0.174. The second-order valence-corrected chi connectivity index (χ2v) is 1.51. The number of hydrogen-bond acceptors (Lipinski definition) is 3. The van der Waals surface area contributed by atoms with Crippen molar-refractivity contribution in [3.05, 3.63) is 0 Å². The summed E-state index contributed by atoms with van der Waals surface area (Å²) in [4.78, 5) is 14.0. The molecule has 45 valence electrons. The Bertz CT molecular complexity index is 88.4. The minimum absolute atomic E-state index is 0.0274. The minimum atomic E-state index is 0.0274. The molecule has 0 aromatic heterocycles. The highest BCUT2D eigenvalue weighted by atomic mass is 16.6. The molecule has 3 nitrogen and oxygen atoms in total. The van der Waals surface area contributed by atoms with E-state index in [2.05, 4.69) is 9.99 Å². The summed E-state index contributed by atoms with van der Waals surface area (Å²) in [5.74, 6) is 0. The Kier molecular flexibility index (Phi) is 3.84. The molecule has 0 fully saturated rings. The van der Waals surface area contributed by atoms with E-state index in [1.165, 1.54) is 6.29 Å². The van der Waals surface area contributed by atoms with E-state index in [1.807, 2.05) is 13.8 Å². The van der Waals surface area contributed by atoms with Crippen molar-refractivity contribution in [1.29, 1.82) is 0 Å². The van der Waals surface area contributed by atoms with Crippen molar-refractivity contribution >= 4 is 12.5 Å².